The van der Waals surface area contributed by atoms with Gasteiger partial charge in [0.25, 0.3) is 0 Å². The van der Waals surface area contributed by atoms with Crippen LogP contribution in [0.2, 0.25) is 0 Å². The minimum Gasteiger partial charge on any atom is -0.481 e. The SMILES string of the molecule is CCCCC(OC(C)OC(=O)CCCCCCC(=O)O)C(=O)CCC. The Morgan fingerprint density at radius 3 is 2.08 bits per heavy atom. The van der Waals surface area contributed by atoms with Crippen LogP contribution < -0.4 is 0 Å². The number of carboxylic acid groups (broad SMARTS) is 1. The van der Waals surface area contributed by atoms with E-state index in [1.165, 1.54) is 0 Å². The lowest BCUT2D eigenvalue weighted by atomic mass is 10.1. The molecule has 146 valence electrons. The van der Waals surface area contributed by atoms with Gasteiger partial charge in [-0.3, -0.25) is 14.4 Å². The van der Waals surface area contributed by atoms with E-state index >= 15 is 0 Å². The molecule has 2 unspecified atom stereocenters. The Kier molecular flexibility index (Phi) is 14.0. The molecule has 6 nitrogen and oxygen atoms in total. The van der Waals surface area contributed by atoms with Gasteiger partial charge in [-0.1, -0.05) is 39.5 Å². The maximum absolute atomic E-state index is 12.1. The van der Waals surface area contributed by atoms with Gasteiger partial charge in [-0.2, -0.15) is 0 Å². The van der Waals surface area contributed by atoms with Gasteiger partial charge in [0.2, 0.25) is 6.29 Å². The standard InChI is InChI=1S/C19H34O6/c1-4-6-12-17(16(20)11-5-2)24-15(3)25-19(23)14-10-8-7-9-13-18(21)22/h15,17H,4-14H2,1-3H3,(H,21,22). The highest BCUT2D eigenvalue weighted by Gasteiger charge is 2.22. The summed E-state index contributed by atoms with van der Waals surface area (Å²) < 4.78 is 10.9. The molecule has 0 radical (unpaired) electrons. The Labute approximate surface area is 151 Å². The van der Waals surface area contributed by atoms with Crippen molar-refractivity contribution in [2.75, 3.05) is 0 Å². The van der Waals surface area contributed by atoms with Gasteiger partial charge in [-0.05, 0) is 32.6 Å². The lowest BCUT2D eigenvalue weighted by Crippen LogP contribution is -2.30. The van der Waals surface area contributed by atoms with Crippen LogP contribution in [-0.4, -0.2) is 35.2 Å². The van der Waals surface area contributed by atoms with E-state index in [2.05, 4.69) is 6.92 Å². The first kappa shape index (κ1) is 23.6. The highest BCUT2D eigenvalue weighted by Crippen LogP contribution is 2.14. The van der Waals surface area contributed by atoms with Gasteiger partial charge in [0.1, 0.15) is 6.10 Å². The molecule has 0 aromatic carbocycles. The van der Waals surface area contributed by atoms with Gasteiger partial charge >= 0.3 is 11.9 Å². The third-order valence-electron chi connectivity index (χ3n) is 3.85. The normalized spacial score (nSPS) is 13.2. The number of aliphatic carboxylic acids is 1. The number of unbranched alkanes of at least 4 members (excludes halogenated alkanes) is 4. The highest BCUT2D eigenvalue weighted by atomic mass is 16.7. The zero-order valence-electron chi connectivity index (χ0n) is 15.9. The van der Waals surface area contributed by atoms with Crippen LogP contribution in [0.5, 0.6) is 0 Å². The van der Waals surface area contributed by atoms with Crippen molar-refractivity contribution in [3.05, 3.63) is 0 Å². The van der Waals surface area contributed by atoms with Gasteiger partial charge in [-0.15, -0.1) is 0 Å². The first-order valence-corrected chi connectivity index (χ1v) is 9.50. The molecule has 2 atom stereocenters. The second-order valence-corrected chi connectivity index (χ2v) is 6.35. The number of hydrogen-bond acceptors (Lipinski definition) is 5. The molecule has 0 rings (SSSR count). The Hall–Kier alpha value is -1.43. The second-order valence-electron chi connectivity index (χ2n) is 6.35. The summed E-state index contributed by atoms with van der Waals surface area (Å²) in [5.74, 6) is -1.07. The molecule has 1 N–H and O–H groups in total. The molecule has 0 heterocycles. The molecule has 0 fully saturated rings. The highest BCUT2D eigenvalue weighted by molar-refractivity contribution is 5.83. The minimum absolute atomic E-state index is 0.0669. The van der Waals surface area contributed by atoms with Crippen LogP contribution in [0.1, 0.15) is 91.4 Å². The van der Waals surface area contributed by atoms with E-state index in [1.54, 1.807) is 6.92 Å². The second kappa shape index (κ2) is 14.9. The van der Waals surface area contributed by atoms with Crippen molar-refractivity contribution < 1.29 is 29.0 Å². The van der Waals surface area contributed by atoms with E-state index in [9.17, 15) is 14.4 Å². The van der Waals surface area contributed by atoms with Crippen molar-refractivity contribution in [1.29, 1.82) is 0 Å². The summed E-state index contributed by atoms with van der Waals surface area (Å²) in [6.45, 7) is 5.65. The van der Waals surface area contributed by atoms with Crippen LogP contribution >= 0.6 is 0 Å². The largest absolute Gasteiger partial charge is 0.481 e. The van der Waals surface area contributed by atoms with Crippen LogP contribution in [0.4, 0.5) is 0 Å². The van der Waals surface area contributed by atoms with E-state index in [0.717, 1.165) is 32.1 Å². The molecule has 0 aromatic heterocycles. The maximum atomic E-state index is 12.1. The summed E-state index contributed by atoms with van der Waals surface area (Å²) in [7, 11) is 0. The summed E-state index contributed by atoms with van der Waals surface area (Å²) in [6.07, 6.45) is 5.88. The van der Waals surface area contributed by atoms with E-state index in [-0.39, 0.29) is 24.6 Å². The van der Waals surface area contributed by atoms with E-state index in [0.29, 0.717) is 25.7 Å². The van der Waals surface area contributed by atoms with Crippen LogP contribution in [0.25, 0.3) is 0 Å². The molecule has 0 spiro atoms. The number of rotatable bonds is 16. The van der Waals surface area contributed by atoms with Crippen molar-refractivity contribution in [3.8, 4) is 0 Å². The molecule has 0 aromatic rings. The van der Waals surface area contributed by atoms with E-state index in [4.69, 9.17) is 14.6 Å². The predicted octanol–water partition coefficient (Wildman–Crippen LogP) is 4.25. The number of carbonyl (C=O) groups excluding carboxylic acids is 2. The fraction of sp³-hybridized carbons (Fsp3) is 0.842. The third-order valence-corrected chi connectivity index (χ3v) is 3.85. The molecule has 6 heteroatoms. The number of hydrogen-bond donors (Lipinski definition) is 1. The average molecular weight is 358 g/mol. The number of carbonyl (C=O) groups is 3. The monoisotopic (exact) mass is 358 g/mol. The fourth-order valence-corrected chi connectivity index (χ4v) is 2.50. The van der Waals surface area contributed by atoms with Gasteiger partial charge in [-0.25, -0.2) is 0 Å². The number of Topliss-reactive ketones (excluding diaryl/α,β-unsaturated/α-hetero) is 1. The number of ether oxygens (including phenoxy) is 2. The quantitative estimate of drug-likeness (QED) is 0.252. The number of carboxylic acids is 1. The zero-order chi connectivity index (χ0) is 19.1. The Morgan fingerprint density at radius 2 is 1.52 bits per heavy atom. The predicted molar refractivity (Wildman–Crippen MR) is 95.2 cm³/mol. The van der Waals surface area contributed by atoms with Crippen LogP contribution in [-0.2, 0) is 23.9 Å². The van der Waals surface area contributed by atoms with Gasteiger partial charge in [0.15, 0.2) is 5.78 Å². The van der Waals surface area contributed by atoms with Gasteiger partial charge in [0, 0.05) is 19.3 Å². The Balaban J connectivity index is 4.05. The zero-order valence-corrected chi connectivity index (χ0v) is 15.9. The van der Waals surface area contributed by atoms with Crippen molar-refractivity contribution in [3.63, 3.8) is 0 Å². The third kappa shape index (κ3) is 13.5. The van der Waals surface area contributed by atoms with Crippen molar-refractivity contribution in [2.45, 2.75) is 104 Å². The average Bonchev–Trinajstić information content (AvgIpc) is 2.54. The summed E-state index contributed by atoms with van der Waals surface area (Å²) in [5.41, 5.74) is 0. The van der Waals surface area contributed by atoms with Crippen LogP contribution in [0.15, 0.2) is 0 Å². The smallest absolute Gasteiger partial charge is 0.308 e. The first-order valence-electron chi connectivity index (χ1n) is 9.50. The van der Waals surface area contributed by atoms with Gasteiger partial charge in [0.05, 0.1) is 0 Å². The summed E-state index contributed by atoms with van der Waals surface area (Å²) >= 11 is 0. The van der Waals surface area contributed by atoms with Crippen molar-refractivity contribution in [1.82, 2.24) is 0 Å². The Morgan fingerprint density at radius 1 is 0.880 bits per heavy atom. The molecule has 0 amide bonds. The van der Waals surface area contributed by atoms with Gasteiger partial charge < -0.3 is 14.6 Å². The number of esters is 1. The molecular formula is C19H34O6. The topological polar surface area (TPSA) is 89.9 Å². The molecule has 0 bridgehead atoms. The Bertz CT molecular complexity index is 393. The fourth-order valence-electron chi connectivity index (χ4n) is 2.50. The molecule has 0 saturated heterocycles. The number of ketones is 1. The summed E-state index contributed by atoms with van der Waals surface area (Å²) in [5, 5.41) is 8.54. The molecule has 0 aliphatic rings. The molecule has 0 saturated carbocycles. The summed E-state index contributed by atoms with van der Waals surface area (Å²) in [4.78, 5) is 34.3. The molecule has 0 aliphatic heterocycles. The first-order chi connectivity index (χ1) is 11.9. The van der Waals surface area contributed by atoms with E-state index < -0.39 is 18.4 Å². The lowest BCUT2D eigenvalue weighted by Gasteiger charge is -2.21. The van der Waals surface area contributed by atoms with Crippen LogP contribution in [0, 0.1) is 0 Å². The minimum atomic E-state index is -0.791. The van der Waals surface area contributed by atoms with Crippen molar-refractivity contribution in [2.24, 2.45) is 0 Å². The summed E-state index contributed by atoms with van der Waals surface area (Å²) in [6, 6.07) is 0. The van der Waals surface area contributed by atoms with E-state index in [1.807, 2.05) is 6.92 Å². The van der Waals surface area contributed by atoms with Crippen molar-refractivity contribution >= 4 is 17.7 Å². The molecule has 25 heavy (non-hydrogen) atoms. The van der Waals surface area contributed by atoms with Crippen LogP contribution in [0.3, 0.4) is 0 Å². The lowest BCUT2D eigenvalue weighted by molar-refractivity contribution is -0.188. The molecule has 0 aliphatic carbocycles. The molecular weight excluding hydrogens is 324 g/mol. The maximum Gasteiger partial charge on any atom is 0.308 e.